The number of benzene rings is 1. The van der Waals surface area contributed by atoms with Gasteiger partial charge in [0.15, 0.2) is 22.4 Å². The van der Waals surface area contributed by atoms with E-state index in [0.717, 1.165) is 11.7 Å². The number of thioether (sulfide) groups is 1. The van der Waals surface area contributed by atoms with Crippen LogP contribution in [0.15, 0.2) is 29.7 Å². The zero-order valence-corrected chi connectivity index (χ0v) is 12.4. The van der Waals surface area contributed by atoms with Crippen molar-refractivity contribution in [2.24, 2.45) is 0 Å². The van der Waals surface area contributed by atoms with E-state index < -0.39 is 0 Å². The molecule has 7 heteroatoms. The van der Waals surface area contributed by atoms with Gasteiger partial charge in [-0.3, -0.25) is 4.79 Å². The molecule has 1 aromatic heterocycles. The van der Waals surface area contributed by atoms with Crippen molar-refractivity contribution in [2.45, 2.75) is 18.6 Å². The number of rotatable bonds is 5. The van der Waals surface area contributed by atoms with Gasteiger partial charge in [0.25, 0.3) is 0 Å². The molecular formula is C14H15N3O3S. The highest BCUT2D eigenvalue weighted by atomic mass is 32.2. The lowest BCUT2D eigenvalue weighted by Crippen LogP contribution is -2.16. The fourth-order valence-electron chi connectivity index (χ4n) is 2.00. The molecule has 110 valence electrons. The lowest BCUT2D eigenvalue weighted by Gasteiger charge is -2.18. The summed E-state index contributed by atoms with van der Waals surface area (Å²) in [7, 11) is 0. The molecule has 1 aromatic carbocycles. The van der Waals surface area contributed by atoms with E-state index in [1.165, 1.54) is 11.8 Å². The summed E-state index contributed by atoms with van der Waals surface area (Å²) in [6.07, 6.45) is 1.66. The predicted molar refractivity (Wildman–Crippen MR) is 78.2 cm³/mol. The van der Waals surface area contributed by atoms with Crippen LogP contribution in [-0.4, -0.2) is 39.5 Å². The molecule has 0 fully saturated rings. The van der Waals surface area contributed by atoms with Crippen molar-refractivity contribution < 1.29 is 14.3 Å². The molecule has 0 bridgehead atoms. The lowest BCUT2D eigenvalue weighted by molar-refractivity contribution is 0.102. The number of hydrogen-bond acceptors (Lipinski definition) is 6. The van der Waals surface area contributed by atoms with Crippen LogP contribution in [0.3, 0.4) is 0 Å². The SMILES string of the molecule is CCn1cnnc1SCC(=O)c1ccc2c(c1)OCCO2. The van der Waals surface area contributed by atoms with Crippen LogP contribution in [0.4, 0.5) is 0 Å². The number of nitrogens with zero attached hydrogens (tertiary/aromatic N) is 3. The maximum Gasteiger partial charge on any atom is 0.191 e. The molecule has 0 radical (unpaired) electrons. The van der Waals surface area contributed by atoms with Gasteiger partial charge in [0.05, 0.1) is 5.75 Å². The number of ether oxygens (including phenoxy) is 2. The van der Waals surface area contributed by atoms with Gasteiger partial charge in [0, 0.05) is 12.1 Å². The summed E-state index contributed by atoms with van der Waals surface area (Å²) in [5.41, 5.74) is 0.620. The molecule has 2 heterocycles. The van der Waals surface area contributed by atoms with Gasteiger partial charge in [-0.25, -0.2) is 0 Å². The Hall–Kier alpha value is -2.02. The van der Waals surface area contributed by atoms with Gasteiger partial charge in [-0.2, -0.15) is 0 Å². The van der Waals surface area contributed by atoms with Crippen LogP contribution in [0.5, 0.6) is 11.5 Å². The van der Waals surface area contributed by atoms with Crippen molar-refractivity contribution in [3.05, 3.63) is 30.1 Å². The average Bonchev–Trinajstić information content (AvgIpc) is 2.99. The summed E-state index contributed by atoms with van der Waals surface area (Å²) in [6, 6.07) is 5.28. The molecule has 0 spiro atoms. The van der Waals surface area contributed by atoms with Crippen molar-refractivity contribution in [2.75, 3.05) is 19.0 Å². The zero-order valence-electron chi connectivity index (χ0n) is 11.6. The summed E-state index contributed by atoms with van der Waals surface area (Å²) in [5, 5.41) is 8.60. The van der Waals surface area contributed by atoms with Gasteiger partial charge >= 0.3 is 0 Å². The molecule has 0 atom stereocenters. The third-order valence-corrected chi connectivity index (χ3v) is 4.10. The van der Waals surface area contributed by atoms with E-state index >= 15 is 0 Å². The van der Waals surface area contributed by atoms with Crippen molar-refractivity contribution in [3.63, 3.8) is 0 Å². The Morgan fingerprint density at radius 1 is 1.33 bits per heavy atom. The molecule has 0 aliphatic carbocycles. The van der Waals surface area contributed by atoms with Crippen LogP contribution in [0.2, 0.25) is 0 Å². The van der Waals surface area contributed by atoms with Gasteiger partial charge in [0.2, 0.25) is 0 Å². The number of Topliss-reactive ketones (excluding diaryl/α,β-unsaturated/α-hetero) is 1. The van der Waals surface area contributed by atoms with Crippen LogP contribution < -0.4 is 9.47 Å². The summed E-state index contributed by atoms with van der Waals surface area (Å²) in [6.45, 7) is 3.85. The number of aromatic nitrogens is 3. The van der Waals surface area contributed by atoms with Gasteiger partial charge in [0.1, 0.15) is 19.5 Å². The van der Waals surface area contributed by atoms with Gasteiger partial charge in [-0.05, 0) is 25.1 Å². The fraction of sp³-hybridized carbons (Fsp3) is 0.357. The van der Waals surface area contributed by atoms with E-state index in [-0.39, 0.29) is 5.78 Å². The Morgan fingerprint density at radius 2 is 2.14 bits per heavy atom. The standard InChI is InChI=1S/C14H15N3O3S/c1-2-17-9-15-16-14(17)21-8-11(18)10-3-4-12-13(7-10)20-6-5-19-12/h3-4,7,9H,2,5-6,8H2,1H3. The summed E-state index contributed by atoms with van der Waals surface area (Å²) < 4.78 is 12.8. The second kappa shape index (κ2) is 6.17. The van der Waals surface area contributed by atoms with Crippen LogP contribution >= 0.6 is 11.8 Å². The number of ketones is 1. The van der Waals surface area contributed by atoms with Crippen LogP contribution in [0, 0.1) is 0 Å². The largest absolute Gasteiger partial charge is 0.486 e. The monoisotopic (exact) mass is 305 g/mol. The quantitative estimate of drug-likeness (QED) is 0.622. The molecule has 1 aliphatic rings. The van der Waals surface area contributed by atoms with Crippen molar-refractivity contribution in [1.29, 1.82) is 0 Å². The first-order valence-corrected chi connectivity index (χ1v) is 7.70. The first-order chi connectivity index (χ1) is 10.3. The topological polar surface area (TPSA) is 66.2 Å². The zero-order chi connectivity index (χ0) is 14.7. The number of aryl methyl sites for hydroxylation is 1. The van der Waals surface area contributed by atoms with Crippen molar-refractivity contribution in [3.8, 4) is 11.5 Å². The highest BCUT2D eigenvalue weighted by Crippen LogP contribution is 2.31. The summed E-state index contributed by atoms with van der Waals surface area (Å²) >= 11 is 1.39. The minimum Gasteiger partial charge on any atom is -0.486 e. The Kier molecular flexibility index (Phi) is 4.10. The smallest absolute Gasteiger partial charge is 0.191 e. The summed E-state index contributed by atoms with van der Waals surface area (Å²) in [4.78, 5) is 12.3. The maximum atomic E-state index is 12.3. The molecule has 1 aliphatic heterocycles. The normalized spacial score (nSPS) is 13.2. The summed E-state index contributed by atoms with van der Waals surface area (Å²) in [5.74, 6) is 1.67. The van der Waals surface area contributed by atoms with Gasteiger partial charge in [-0.15, -0.1) is 10.2 Å². The Bertz CT molecular complexity index is 657. The molecule has 2 aromatic rings. The van der Waals surface area contributed by atoms with E-state index in [9.17, 15) is 4.79 Å². The van der Waals surface area contributed by atoms with Gasteiger partial charge in [-0.1, -0.05) is 11.8 Å². The minimum atomic E-state index is 0.0302. The van der Waals surface area contributed by atoms with Crippen molar-refractivity contribution >= 4 is 17.5 Å². The fourth-order valence-corrected chi connectivity index (χ4v) is 2.88. The molecule has 0 amide bonds. The average molecular weight is 305 g/mol. The first-order valence-electron chi connectivity index (χ1n) is 6.71. The predicted octanol–water partition coefficient (Wildman–Crippen LogP) is 2.04. The number of carbonyl (C=O) groups excluding carboxylic acids is 1. The molecule has 6 nitrogen and oxygen atoms in total. The van der Waals surface area contributed by atoms with Crippen LogP contribution in [-0.2, 0) is 6.54 Å². The van der Waals surface area contributed by atoms with Crippen LogP contribution in [0.1, 0.15) is 17.3 Å². The molecule has 3 rings (SSSR count). The highest BCUT2D eigenvalue weighted by molar-refractivity contribution is 7.99. The van der Waals surface area contributed by atoms with E-state index in [1.807, 2.05) is 11.5 Å². The van der Waals surface area contributed by atoms with E-state index in [0.29, 0.717) is 36.0 Å². The van der Waals surface area contributed by atoms with Crippen molar-refractivity contribution in [1.82, 2.24) is 14.8 Å². The lowest BCUT2D eigenvalue weighted by atomic mass is 10.1. The Labute approximate surface area is 126 Å². The van der Waals surface area contributed by atoms with E-state index in [1.54, 1.807) is 24.5 Å². The maximum absolute atomic E-state index is 12.3. The highest BCUT2D eigenvalue weighted by Gasteiger charge is 2.16. The minimum absolute atomic E-state index is 0.0302. The molecule has 21 heavy (non-hydrogen) atoms. The Morgan fingerprint density at radius 3 is 2.95 bits per heavy atom. The first kappa shape index (κ1) is 13.9. The van der Waals surface area contributed by atoms with Gasteiger partial charge < -0.3 is 14.0 Å². The molecule has 0 saturated carbocycles. The second-order valence-corrected chi connectivity index (χ2v) is 5.41. The number of carbonyl (C=O) groups is 1. The number of hydrogen-bond donors (Lipinski definition) is 0. The van der Waals surface area contributed by atoms with E-state index in [2.05, 4.69) is 10.2 Å². The van der Waals surface area contributed by atoms with Crippen LogP contribution in [0.25, 0.3) is 0 Å². The van der Waals surface area contributed by atoms with E-state index in [4.69, 9.17) is 9.47 Å². The second-order valence-electron chi connectivity index (χ2n) is 4.47. The molecule has 0 unspecified atom stereocenters. The number of fused-ring (bicyclic) bond motifs is 1. The third kappa shape index (κ3) is 3.02. The Balaban J connectivity index is 1.68. The third-order valence-electron chi connectivity index (χ3n) is 3.12. The molecular weight excluding hydrogens is 290 g/mol. The molecule has 0 N–H and O–H groups in total. The molecule has 0 saturated heterocycles.